The topological polar surface area (TPSA) is 25.8 Å². The lowest BCUT2D eigenvalue weighted by atomic mass is 10.2. The molecule has 106 valence electrons. The summed E-state index contributed by atoms with van der Waals surface area (Å²) in [5, 5.41) is 0. The van der Waals surface area contributed by atoms with Crippen molar-refractivity contribution in [2.45, 2.75) is 0 Å². The second kappa shape index (κ2) is 7.14. The van der Waals surface area contributed by atoms with Gasteiger partial charge in [0.25, 0.3) is 0 Å². The molecule has 3 aromatic rings. The van der Waals surface area contributed by atoms with E-state index >= 15 is 0 Å². The minimum Gasteiger partial charge on any atom is -0.237 e. The van der Waals surface area contributed by atoms with Crippen LogP contribution in [-0.4, -0.2) is 9.97 Å². The summed E-state index contributed by atoms with van der Waals surface area (Å²) in [5.74, 6) is 0. The SMILES string of the molecule is C(=C\c1cc(/C=C/c2ccccc2)ncn1)/c1ccccc1. The van der Waals surface area contributed by atoms with Gasteiger partial charge in [-0.2, -0.15) is 0 Å². The second-order valence-electron chi connectivity index (χ2n) is 4.86. The highest BCUT2D eigenvalue weighted by atomic mass is 14.8. The van der Waals surface area contributed by atoms with Gasteiger partial charge >= 0.3 is 0 Å². The maximum atomic E-state index is 4.28. The Hall–Kier alpha value is -3.00. The molecule has 0 aliphatic heterocycles. The van der Waals surface area contributed by atoms with Crippen LogP contribution in [0.5, 0.6) is 0 Å². The van der Waals surface area contributed by atoms with E-state index in [1.165, 1.54) is 0 Å². The highest BCUT2D eigenvalue weighted by molar-refractivity contribution is 5.71. The molecule has 22 heavy (non-hydrogen) atoms. The van der Waals surface area contributed by atoms with Gasteiger partial charge in [-0.3, -0.25) is 0 Å². The Labute approximate surface area is 130 Å². The molecule has 0 aliphatic carbocycles. The average Bonchev–Trinajstić information content (AvgIpc) is 2.60. The van der Waals surface area contributed by atoms with Gasteiger partial charge in [-0.1, -0.05) is 72.8 Å². The van der Waals surface area contributed by atoms with Gasteiger partial charge in [0, 0.05) is 0 Å². The summed E-state index contributed by atoms with van der Waals surface area (Å²) < 4.78 is 0. The monoisotopic (exact) mass is 284 g/mol. The van der Waals surface area contributed by atoms with Crippen molar-refractivity contribution in [1.82, 2.24) is 9.97 Å². The van der Waals surface area contributed by atoms with E-state index in [0.29, 0.717) is 0 Å². The molecule has 2 heteroatoms. The number of hydrogen-bond acceptors (Lipinski definition) is 2. The largest absolute Gasteiger partial charge is 0.237 e. The van der Waals surface area contributed by atoms with E-state index in [9.17, 15) is 0 Å². The molecule has 0 fully saturated rings. The zero-order valence-electron chi connectivity index (χ0n) is 12.1. The second-order valence-corrected chi connectivity index (χ2v) is 4.86. The average molecular weight is 284 g/mol. The van der Waals surface area contributed by atoms with Crippen LogP contribution in [0.25, 0.3) is 24.3 Å². The highest BCUT2D eigenvalue weighted by Crippen LogP contribution is 2.09. The zero-order chi connectivity index (χ0) is 15.0. The van der Waals surface area contributed by atoms with Crippen LogP contribution >= 0.6 is 0 Å². The van der Waals surface area contributed by atoms with Crippen LogP contribution in [0.15, 0.2) is 73.1 Å². The lowest BCUT2D eigenvalue weighted by Gasteiger charge is -1.96. The van der Waals surface area contributed by atoms with Crippen molar-refractivity contribution in [2.75, 3.05) is 0 Å². The van der Waals surface area contributed by atoms with Gasteiger partial charge in [0.05, 0.1) is 11.4 Å². The first-order chi connectivity index (χ1) is 10.9. The van der Waals surface area contributed by atoms with Crippen molar-refractivity contribution in [2.24, 2.45) is 0 Å². The molecule has 0 atom stereocenters. The van der Waals surface area contributed by atoms with Gasteiger partial charge in [-0.05, 0) is 29.3 Å². The van der Waals surface area contributed by atoms with Gasteiger partial charge in [-0.15, -0.1) is 0 Å². The van der Waals surface area contributed by atoms with Gasteiger partial charge in [0.2, 0.25) is 0 Å². The zero-order valence-corrected chi connectivity index (χ0v) is 12.1. The predicted octanol–water partition coefficient (Wildman–Crippen LogP) is 4.82. The third kappa shape index (κ3) is 4.00. The molecule has 2 nitrogen and oxygen atoms in total. The van der Waals surface area contributed by atoms with Gasteiger partial charge < -0.3 is 0 Å². The molecular weight excluding hydrogens is 268 g/mol. The van der Waals surface area contributed by atoms with Crippen LogP contribution in [0.1, 0.15) is 22.5 Å². The molecule has 0 saturated carbocycles. The summed E-state index contributed by atoms with van der Waals surface area (Å²) in [5.41, 5.74) is 4.10. The van der Waals surface area contributed by atoms with Crippen LogP contribution in [0.3, 0.4) is 0 Å². The molecule has 1 aromatic heterocycles. The molecule has 0 amide bonds. The molecule has 0 N–H and O–H groups in total. The molecule has 0 bridgehead atoms. The van der Waals surface area contributed by atoms with Crippen molar-refractivity contribution < 1.29 is 0 Å². The van der Waals surface area contributed by atoms with Crippen molar-refractivity contribution in [1.29, 1.82) is 0 Å². The molecule has 0 aliphatic rings. The van der Waals surface area contributed by atoms with Crippen molar-refractivity contribution in [3.8, 4) is 0 Å². The summed E-state index contributed by atoms with van der Waals surface area (Å²) in [6.07, 6.45) is 9.68. The molecule has 0 radical (unpaired) electrons. The third-order valence-electron chi connectivity index (χ3n) is 3.20. The van der Waals surface area contributed by atoms with Crippen molar-refractivity contribution in [3.63, 3.8) is 0 Å². The Morgan fingerprint density at radius 2 is 1.00 bits per heavy atom. The standard InChI is InChI=1S/C20H16N2/c1-3-7-17(8-4-1)11-13-19-15-20(22-16-21-19)14-12-18-9-5-2-6-10-18/h1-16H/b13-11+,14-12+. The van der Waals surface area contributed by atoms with E-state index in [4.69, 9.17) is 0 Å². The molecular formula is C20H16N2. The Balaban J connectivity index is 1.75. The number of hydrogen-bond donors (Lipinski definition) is 0. The lowest BCUT2D eigenvalue weighted by molar-refractivity contribution is 1.14. The van der Waals surface area contributed by atoms with Crippen molar-refractivity contribution >= 4 is 24.3 Å². The van der Waals surface area contributed by atoms with Crippen LogP contribution < -0.4 is 0 Å². The lowest BCUT2D eigenvalue weighted by Crippen LogP contribution is -1.86. The number of rotatable bonds is 4. The molecule has 0 spiro atoms. The minimum absolute atomic E-state index is 0.895. The predicted molar refractivity (Wildman–Crippen MR) is 92.8 cm³/mol. The maximum Gasteiger partial charge on any atom is 0.116 e. The van der Waals surface area contributed by atoms with E-state index in [-0.39, 0.29) is 0 Å². The fourth-order valence-electron chi connectivity index (χ4n) is 2.06. The van der Waals surface area contributed by atoms with Crippen LogP contribution in [0.4, 0.5) is 0 Å². The van der Waals surface area contributed by atoms with E-state index in [1.807, 2.05) is 66.8 Å². The number of aromatic nitrogens is 2. The summed E-state index contributed by atoms with van der Waals surface area (Å²) >= 11 is 0. The van der Waals surface area contributed by atoms with Crippen molar-refractivity contribution in [3.05, 3.63) is 95.6 Å². The summed E-state index contributed by atoms with van der Waals surface area (Å²) in [6, 6.07) is 22.3. The number of nitrogens with zero attached hydrogens (tertiary/aromatic N) is 2. The smallest absolute Gasteiger partial charge is 0.116 e. The molecule has 2 aromatic carbocycles. The minimum atomic E-state index is 0.895. The van der Waals surface area contributed by atoms with Gasteiger partial charge in [0.1, 0.15) is 6.33 Å². The molecule has 3 rings (SSSR count). The van der Waals surface area contributed by atoms with Gasteiger partial charge in [-0.25, -0.2) is 9.97 Å². The van der Waals surface area contributed by atoms with E-state index in [0.717, 1.165) is 22.5 Å². The number of benzene rings is 2. The Bertz CT molecular complexity index is 710. The fraction of sp³-hybridized carbons (Fsp3) is 0. The first-order valence-corrected chi connectivity index (χ1v) is 7.18. The highest BCUT2D eigenvalue weighted by Gasteiger charge is 1.93. The van der Waals surface area contributed by atoms with E-state index in [2.05, 4.69) is 34.2 Å². The van der Waals surface area contributed by atoms with Crippen LogP contribution in [0, 0.1) is 0 Å². The van der Waals surface area contributed by atoms with Gasteiger partial charge in [0.15, 0.2) is 0 Å². The maximum absolute atomic E-state index is 4.28. The van der Waals surface area contributed by atoms with Crippen LogP contribution in [-0.2, 0) is 0 Å². The van der Waals surface area contributed by atoms with E-state index < -0.39 is 0 Å². The summed E-state index contributed by atoms with van der Waals surface area (Å²) in [7, 11) is 0. The normalized spacial score (nSPS) is 11.3. The molecule has 0 saturated heterocycles. The summed E-state index contributed by atoms with van der Waals surface area (Å²) in [4.78, 5) is 8.56. The fourth-order valence-corrected chi connectivity index (χ4v) is 2.06. The Morgan fingerprint density at radius 3 is 1.45 bits per heavy atom. The molecule has 0 unspecified atom stereocenters. The third-order valence-corrected chi connectivity index (χ3v) is 3.20. The first-order valence-electron chi connectivity index (χ1n) is 7.18. The Kier molecular flexibility index (Phi) is 4.53. The summed E-state index contributed by atoms with van der Waals surface area (Å²) in [6.45, 7) is 0. The van der Waals surface area contributed by atoms with E-state index in [1.54, 1.807) is 6.33 Å². The first kappa shape index (κ1) is 14.0. The molecule has 1 heterocycles. The Morgan fingerprint density at radius 1 is 0.545 bits per heavy atom. The van der Waals surface area contributed by atoms with Crippen LogP contribution in [0.2, 0.25) is 0 Å². The quantitative estimate of drug-likeness (QED) is 0.686.